The first-order chi connectivity index (χ1) is 30.7. The Morgan fingerprint density at radius 2 is 0.968 bits per heavy atom. The van der Waals surface area contributed by atoms with Crippen LogP contribution in [0.3, 0.4) is 0 Å². The zero-order valence-corrected chi connectivity index (χ0v) is 33.6. The van der Waals surface area contributed by atoms with E-state index in [2.05, 4.69) is 215 Å². The summed E-state index contributed by atoms with van der Waals surface area (Å²) in [6.07, 6.45) is 11.4. The zero-order valence-electron chi connectivity index (χ0n) is 33.6. The Morgan fingerprint density at radius 3 is 1.61 bits per heavy atom. The number of hydrogen-bond donors (Lipinski definition) is 0. The highest BCUT2D eigenvalue weighted by Gasteiger charge is 2.35. The molecule has 2 atom stereocenters. The van der Waals surface area contributed by atoms with Gasteiger partial charge in [0.25, 0.3) is 0 Å². The Balaban J connectivity index is 0.991. The highest BCUT2D eigenvalue weighted by Crippen LogP contribution is 2.48. The van der Waals surface area contributed by atoms with E-state index in [4.69, 9.17) is 15.1 Å². The molecule has 4 aromatic heterocycles. The molecule has 62 heavy (non-hydrogen) atoms. The van der Waals surface area contributed by atoms with Gasteiger partial charge in [0, 0.05) is 61.2 Å². The summed E-state index contributed by atoms with van der Waals surface area (Å²) in [7, 11) is 0. The summed E-state index contributed by atoms with van der Waals surface area (Å²) in [6, 6.07) is 64.7. The number of nitrogens with zero attached hydrogens (tertiary/aromatic N) is 5. The minimum Gasteiger partial charge on any atom is -0.308 e. The Bertz CT molecular complexity index is 3530. The van der Waals surface area contributed by atoms with Crippen LogP contribution >= 0.6 is 0 Å². The maximum absolute atomic E-state index is 5.45. The van der Waals surface area contributed by atoms with E-state index in [0.29, 0.717) is 5.82 Å². The number of fused-ring (bicyclic) bond motifs is 9. The van der Waals surface area contributed by atoms with E-state index in [1.807, 2.05) is 6.07 Å². The number of hydrogen-bond acceptors (Lipinski definition) is 3. The fourth-order valence-electron chi connectivity index (χ4n) is 10.0. The summed E-state index contributed by atoms with van der Waals surface area (Å²) in [4.78, 5) is 10.7. The highest BCUT2D eigenvalue weighted by atomic mass is 15.3. The fourth-order valence-corrected chi connectivity index (χ4v) is 10.0. The first-order valence-electron chi connectivity index (χ1n) is 21.3. The van der Waals surface area contributed by atoms with Crippen molar-refractivity contribution < 1.29 is 0 Å². The summed E-state index contributed by atoms with van der Waals surface area (Å²) in [5.74, 6) is 1.06. The van der Waals surface area contributed by atoms with Gasteiger partial charge in [-0.25, -0.2) is 14.6 Å². The van der Waals surface area contributed by atoms with Crippen molar-refractivity contribution in [1.82, 2.24) is 24.1 Å². The number of aromatic nitrogens is 5. The zero-order chi connectivity index (χ0) is 40.7. The molecule has 0 radical (unpaired) electrons. The Labute approximate surface area is 358 Å². The molecule has 0 fully saturated rings. The Morgan fingerprint density at radius 1 is 0.435 bits per heavy atom. The first kappa shape index (κ1) is 34.7. The molecule has 1 aliphatic carbocycles. The van der Waals surface area contributed by atoms with Crippen LogP contribution in [0, 0.1) is 5.92 Å². The SMILES string of the molecule is C1=CC2C=C(c3ccccc3)n3nc(-c4ccccc4)c(-c4ccc(-c5cc(-c6ccccc6)nc(-c6cc7c8ccccc8n8c9ccccc9c(c6)c78)n5)cc4)c3C2C=C1. The van der Waals surface area contributed by atoms with E-state index in [1.54, 1.807) is 0 Å². The van der Waals surface area contributed by atoms with E-state index in [1.165, 1.54) is 43.8 Å². The van der Waals surface area contributed by atoms with E-state index in [0.717, 1.165) is 61.7 Å². The van der Waals surface area contributed by atoms with Crippen LogP contribution < -0.4 is 0 Å². The third-order valence-corrected chi connectivity index (χ3v) is 12.8. The lowest BCUT2D eigenvalue weighted by Gasteiger charge is -2.30. The van der Waals surface area contributed by atoms with Crippen molar-refractivity contribution in [3.05, 3.63) is 224 Å². The van der Waals surface area contributed by atoms with Crippen molar-refractivity contribution in [2.75, 3.05) is 0 Å². The summed E-state index contributed by atoms with van der Waals surface area (Å²) in [5.41, 5.74) is 16.3. The van der Waals surface area contributed by atoms with Gasteiger partial charge in [0.1, 0.15) is 5.69 Å². The fraction of sp³-hybridized carbons (Fsp3) is 0.0351. The largest absolute Gasteiger partial charge is 0.308 e. The van der Waals surface area contributed by atoms with Crippen LogP contribution in [0.4, 0.5) is 0 Å². The summed E-state index contributed by atoms with van der Waals surface area (Å²) in [6.45, 7) is 0. The maximum Gasteiger partial charge on any atom is 0.160 e. The molecule has 0 spiro atoms. The molecule has 5 heterocycles. The van der Waals surface area contributed by atoms with Crippen molar-refractivity contribution in [3.8, 4) is 56.3 Å². The molecule has 0 saturated heterocycles. The van der Waals surface area contributed by atoms with Crippen molar-refractivity contribution in [2.45, 2.75) is 5.92 Å². The van der Waals surface area contributed by atoms with E-state index < -0.39 is 0 Å². The maximum atomic E-state index is 5.45. The van der Waals surface area contributed by atoms with Crippen molar-refractivity contribution >= 4 is 43.8 Å². The molecule has 5 nitrogen and oxygen atoms in total. The van der Waals surface area contributed by atoms with Gasteiger partial charge in [0.15, 0.2) is 5.82 Å². The predicted molar refractivity (Wildman–Crippen MR) is 254 cm³/mol. The molecule has 13 rings (SSSR count). The molecule has 11 aromatic rings. The van der Waals surface area contributed by atoms with Crippen LogP contribution in [-0.4, -0.2) is 24.1 Å². The van der Waals surface area contributed by atoms with Crippen molar-refractivity contribution in [2.24, 2.45) is 5.92 Å². The summed E-state index contributed by atoms with van der Waals surface area (Å²) < 4.78 is 4.61. The van der Waals surface area contributed by atoms with Gasteiger partial charge in [-0.05, 0) is 41.5 Å². The molecule has 2 aliphatic rings. The van der Waals surface area contributed by atoms with Gasteiger partial charge in [-0.2, -0.15) is 5.10 Å². The average molecular weight is 792 g/mol. The van der Waals surface area contributed by atoms with Crippen molar-refractivity contribution in [1.29, 1.82) is 0 Å². The minimum absolute atomic E-state index is 0.143. The van der Waals surface area contributed by atoms with E-state index >= 15 is 0 Å². The molecule has 290 valence electrons. The second-order valence-corrected chi connectivity index (χ2v) is 16.4. The quantitative estimate of drug-likeness (QED) is 0.168. The topological polar surface area (TPSA) is 48.0 Å². The Hall–Kier alpha value is -8.15. The number of rotatable bonds is 6. The molecular formula is C57H37N5. The van der Waals surface area contributed by atoms with Gasteiger partial charge >= 0.3 is 0 Å². The molecule has 7 aromatic carbocycles. The van der Waals surface area contributed by atoms with Gasteiger partial charge in [-0.3, -0.25) is 0 Å². The smallest absolute Gasteiger partial charge is 0.160 e. The normalized spacial score (nSPS) is 15.7. The molecule has 2 unspecified atom stereocenters. The second-order valence-electron chi connectivity index (χ2n) is 16.4. The lowest BCUT2D eigenvalue weighted by atomic mass is 9.79. The highest BCUT2D eigenvalue weighted by molar-refractivity contribution is 6.24. The Kier molecular flexibility index (Phi) is 7.66. The van der Waals surface area contributed by atoms with Gasteiger partial charge in [0.2, 0.25) is 0 Å². The number of allylic oxidation sites excluding steroid dienone is 5. The van der Waals surface area contributed by atoms with Crippen LogP contribution in [0.2, 0.25) is 0 Å². The molecule has 0 bridgehead atoms. The number of benzene rings is 7. The predicted octanol–water partition coefficient (Wildman–Crippen LogP) is 13.9. The van der Waals surface area contributed by atoms with Crippen LogP contribution in [0.25, 0.3) is 100 Å². The first-order valence-corrected chi connectivity index (χ1v) is 21.3. The van der Waals surface area contributed by atoms with E-state index in [9.17, 15) is 0 Å². The average Bonchev–Trinajstić information content (AvgIpc) is 4.03. The van der Waals surface area contributed by atoms with Crippen LogP contribution in [0.1, 0.15) is 17.2 Å². The van der Waals surface area contributed by atoms with Crippen LogP contribution in [-0.2, 0) is 0 Å². The standard InChI is InChI=1S/C57H37N5/c1-4-16-36(17-5-1)48-35-49(59-57(58-48)42-32-46-44-24-12-14-26-50(44)61-51-27-15-13-25-45(51)47(33-42)55(46)61)37-28-30-39(31-29-37)53-54(40-20-8-3-9-21-40)60-62-52(38-18-6-2-7-19-38)34-41-22-10-11-23-43(41)56(53)62/h1-35,41,43H. The third-order valence-electron chi connectivity index (χ3n) is 12.8. The molecule has 1 aliphatic heterocycles. The van der Waals surface area contributed by atoms with Gasteiger partial charge in [-0.1, -0.05) is 182 Å². The second kappa shape index (κ2) is 13.7. The third kappa shape index (κ3) is 5.31. The summed E-state index contributed by atoms with van der Waals surface area (Å²) >= 11 is 0. The number of para-hydroxylation sites is 2. The lowest BCUT2D eigenvalue weighted by molar-refractivity contribution is 0.624. The molecule has 0 amide bonds. The molecule has 0 N–H and O–H groups in total. The minimum atomic E-state index is 0.143. The van der Waals surface area contributed by atoms with Gasteiger partial charge < -0.3 is 4.40 Å². The molecular weight excluding hydrogens is 755 g/mol. The monoisotopic (exact) mass is 791 g/mol. The van der Waals surface area contributed by atoms with Crippen LogP contribution in [0.5, 0.6) is 0 Å². The summed E-state index contributed by atoms with van der Waals surface area (Å²) in [5, 5.41) is 10.3. The lowest BCUT2D eigenvalue weighted by Crippen LogP contribution is -2.21. The van der Waals surface area contributed by atoms with Gasteiger partial charge in [-0.15, -0.1) is 0 Å². The van der Waals surface area contributed by atoms with Crippen LogP contribution in [0.15, 0.2) is 212 Å². The van der Waals surface area contributed by atoms with E-state index in [-0.39, 0.29) is 11.8 Å². The molecule has 5 heteroatoms. The molecule has 0 saturated carbocycles. The van der Waals surface area contributed by atoms with Crippen molar-refractivity contribution in [3.63, 3.8) is 0 Å². The van der Waals surface area contributed by atoms with Gasteiger partial charge in [0.05, 0.1) is 39.3 Å².